The first-order valence-corrected chi connectivity index (χ1v) is 11.6. The van der Waals surface area contributed by atoms with Crippen LogP contribution in [0, 0.1) is 0 Å². The number of esters is 1. The van der Waals surface area contributed by atoms with Gasteiger partial charge in [0.15, 0.2) is 17.6 Å². The number of benzene rings is 1. The number of fused-ring (bicyclic) bond motifs is 3. The van der Waals surface area contributed by atoms with Gasteiger partial charge >= 0.3 is 5.97 Å². The molecule has 4 aliphatic rings. The molecular formula is C25H29NO7. The smallest absolute Gasteiger partial charge is 0.375 e. The fourth-order valence-electron chi connectivity index (χ4n) is 5.88. The van der Waals surface area contributed by atoms with Gasteiger partial charge in [-0.1, -0.05) is 0 Å². The second-order valence-corrected chi connectivity index (χ2v) is 9.27. The summed E-state index contributed by atoms with van der Waals surface area (Å²) in [6, 6.07) is 4.04. The van der Waals surface area contributed by atoms with E-state index >= 15 is 0 Å². The summed E-state index contributed by atoms with van der Waals surface area (Å²) in [5.74, 6) is 0.283. The normalized spacial score (nSPS) is 27.2. The molecule has 1 spiro atoms. The molecule has 5 rings (SSSR count). The van der Waals surface area contributed by atoms with E-state index in [4.69, 9.17) is 18.9 Å². The molecule has 0 saturated carbocycles. The quantitative estimate of drug-likeness (QED) is 0.458. The number of Topliss-reactive ketones (excluding diaryl/α,β-unsaturated/α-hetero) is 2. The zero-order chi connectivity index (χ0) is 23.2. The second-order valence-electron chi connectivity index (χ2n) is 9.27. The molecule has 0 aromatic heterocycles. The number of carbonyl (C=O) groups is 3. The van der Waals surface area contributed by atoms with Crippen molar-refractivity contribution in [1.82, 2.24) is 4.90 Å². The molecule has 0 radical (unpaired) electrons. The van der Waals surface area contributed by atoms with Crippen molar-refractivity contribution in [3.8, 4) is 11.5 Å². The van der Waals surface area contributed by atoms with Crippen molar-refractivity contribution in [2.75, 3.05) is 27.0 Å². The standard InChI is InChI=1S/C25H29NO7/c1-15(27)5-3-6-18(28)24(29)33-23-21(30-2)13-25-8-4-9-26(25)10-7-16-11-19-20(32-14-31-19)12-17(16)22(23)25/h11-13,22-23H,3-10,14H2,1-2H3/t22-,23-,25+/m1/s1. The predicted molar refractivity (Wildman–Crippen MR) is 117 cm³/mol. The van der Waals surface area contributed by atoms with Crippen molar-refractivity contribution in [2.45, 2.75) is 63.0 Å². The molecule has 8 heteroatoms. The van der Waals surface area contributed by atoms with E-state index in [1.165, 1.54) is 6.92 Å². The third-order valence-electron chi connectivity index (χ3n) is 7.36. The van der Waals surface area contributed by atoms with Gasteiger partial charge in [0.1, 0.15) is 11.5 Å². The third-order valence-corrected chi connectivity index (χ3v) is 7.36. The minimum Gasteiger partial charge on any atom is -0.497 e. The Kier molecular flexibility index (Phi) is 5.64. The van der Waals surface area contributed by atoms with Gasteiger partial charge in [-0.05, 0) is 68.5 Å². The molecule has 8 nitrogen and oxygen atoms in total. The Balaban J connectivity index is 1.49. The highest BCUT2D eigenvalue weighted by atomic mass is 16.7. The summed E-state index contributed by atoms with van der Waals surface area (Å²) in [7, 11) is 1.57. The lowest BCUT2D eigenvalue weighted by molar-refractivity contribution is -0.159. The van der Waals surface area contributed by atoms with E-state index in [0.717, 1.165) is 49.2 Å². The second kappa shape index (κ2) is 8.48. The average molecular weight is 456 g/mol. The first-order valence-electron chi connectivity index (χ1n) is 11.6. The van der Waals surface area contributed by atoms with E-state index in [-0.39, 0.29) is 36.9 Å². The lowest BCUT2D eigenvalue weighted by atomic mass is 9.77. The number of methoxy groups -OCH3 is 1. The van der Waals surface area contributed by atoms with Crippen molar-refractivity contribution < 1.29 is 33.3 Å². The molecule has 1 fully saturated rings. The molecular weight excluding hydrogens is 426 g/mol. The van der Waals surface area contributed by atoms with Crippen molar-refractivity contribution >= 4 is 17.5 Å². The Morgan fingerprint density at radius 2 is 1.94 bits per heavy atom. The van der Waals surface area contributed by atoms with Gasteiger partial charge in [-0.25, -0.2) is 4.79 Å². The molecule has 3 heterocycles. The molecule has 0 bridgehead atoms. The summed E-state index contributed by atoms with van der Waals surface area (Å²) < 4.78 is 22.8. The van der Waals surface area contributed by atoms with Crippen LogP contribution in [0.5, 0.6) is 11.5 Å². The number of hydrogen-bond donors (Lipinski definition) is 0. The van der Waals surface area contributed by atoms with Crippen molar-refractivity contribution in [2.24, 2.45) is 0 Å². The van der Waals surface area contributed by atoms with Gasteiger partial charge in [0, 0.05) is 19.4 Å². The van der Waals surface area contributed by atoms with Gasteiger partial charge in [0.05, 0.1) is 18.6 Å². The highest BCUT2D eigenvalue weighted by Crippen LogP contribution is 2.55. The predicted octanol–water partition coefficient (Wildman–Crippen LogP) is 2.67. The Bertz CT molecular complexity index is 1030. The highest BCUT2D eigenvalue weighted by molar-refractivity contribution is 6.33. The molecule has 0 N–H and O–H groups in total. The van der Waals surface area contributed by atoms with E-state index in [2.05, 4.69) is 11.0 Å². The van der Waals surface area contributed by atoms with Crippen LogP contribution in [0.2, 0.25) is 0 Å². The van der Waals surface area contributed by atoms with Crippen LogP contribution in [-0.4, -0.2) is 61.1 Å². The van der Waals surface area contributed by atoms with E-state index in [0.29, 0.717) is 17.9 Å². The Hall–Kier alpha value is -2.87. The van der Waals surface area contributed by atoms with Crippen molar-refractivity contribution in [1.29, 1.82) is 0 Å². The van der Waals surface area contributed by atoms with Gasteiger partial charge in [-0.2, -0.15) is 0 Å². The summed E-state index contributed by atoms with van der Waals surface area (Å²) in [5, 5.41) is 0. The molecule has 1 saturated heterocycles. The highest BCUT2D eigenvalue weighted by Gasteiger charge is 2.58. The molecule has 0 unspecified atom stereocenters. The lowest BCUT2D eigenvalue weighted by Gasteiger charge is -2.39. The number of carbonyl (C=O) groups excluding carboxylic acids is 3. The lowest BCUT2D eigenvalue weighted by Crippen LogP contribution is -2.47. The van der Waals surface area contributed by atoms with Crippen LogP contribution in [0.25, 0.3) is 0 Å². The molecule has 3 aliphatic heterocycles. The van der Waals surface area contributed by atoms with Crippen LogP contribution in [0.3, 0.4) is 0 Å². The maximum absolute atomic E-state index is 12.8. The number of nitrogens with zero attached hydrogens (tertiary/aromatic N) is 1. The van der Waals surface area contributed by atoms with Crippen molar-refractivity contribution in [3.63, 3.8) is 0 Å². The van der Waals surface area contributed by atoms with Crippen LogP contribution < -0.4 is 9.47 Å². The minimum atomic E-state index is -0.875. The minimum absolute atomic E-state index is 0.00558. The summed E-state index contributed by atoms with van der Waals surface area (Å²) in [4.78, 5) is 38.9. The fraction of sp³-hybridized carbons (Fsp3) is 0.560. The van der Waals surface area contributed by atoms with Gasteiger partial charge in [-0.15, -0.1) is 0 Å². The Morgan fingerprint density at radius 1 is 1.15 bits per heavy atom. The monoisotopic (exact) mass is 455 g/mol. The van der Waals surface area contributed by atoms with Crippen LogP contribution in [0.1, 0.15) is 56.1 Å². The van der Waals surface area contributed by atoms with Gasteiger partial charge in [0.2, 0.25) is 12.6 Å². The molecule has 176 valence electrons. The zero-order valence-electron chi connectivity index (χ0n) is 19.1. The Morgan fingerprint density at radius 3 is 2.70 bits per heavy atom. The summed E-state index contributed by atoms with van der Waals surface area (Å²) in [6.07, 6.45) is 4.80. The van der Waals surface area contributed by atoms with Gasteiger partial charge < -0.3 is 23.7 Å². The van der Waals surface area contributed by atoms with Crippen LogP contribution >= 0.6 is 0 Å². The molecule has 0 amide bonds. The van der Waals surface area contributed by atoms with E-state index in [1.807, 2.05) is 12.1 Å². The third kappa shape index (κ3) is 3.70. The number of rotatable bonds is 7. The van der Waals surface area contributed by atoms with Gasteiger partial charge in [0.25, 0.3) is 0 Å². The number of ether oxygens (including phenoxy) is 4. The molecule has 33 heavy (non-hydrogen) atoms. The number of hydrogen-bond acceptors (Lipinski definition) is 8. The largest absolute Gasteiger partial charge is 0.497 e. The first-order chi connectivity index (χ1) is 15.9. The fourth-order valence-corrected chi connectivity index (χ4v) is 5.88. The average Bonchev–Trinajstić information content (AvgIpc) is 3.47. The van der Waals surface area contributed by atoms with E-state index < -0.39 is 17.9 Å². The van der Waals surface area contributed by atoms with Crippen LogP contribution in [0.15, 0.2) is 24.0 Å². The SMILES string of the molecule is COC1=C[C@]23CCCN2CCc2cc4c(cc2[C@@H]3[C@@H]1OC(=O)C(=O)CCCC(C)=O)OCO4. The number of ketones is 2. The maximum Gasteiger partial charge on any atom is 0.375 e. The molecule has 1 aliphatic carbocycles. The van der Waals surface area contributed by atoms with Crippen molar-refractivity contribution in [3.05, 3.63) is 35.1 Å². The maximum atomic E-state index is 12.8. The molecule has 1 aromatic rings. The van der Waals surface area contributed by atoms with Gasteiger partial charge in [-0.3, -0.25) is 9.69 Å². The molecule has 3 atom stereocenters. The topological polar surface area (TPSA) is 91.4 Å². The summed E-state index contributed by atoms with van der Waals surface area (Å²) >= 11 is 0. The Labute approximate surface area is 192 Å². The zero-order valence-corrected chi connectivity index (χ0v) is 19.1. The van der Waals surface area contributed by atoms with Crippen LogP contribution in [0.4, 0.5) is 0 Å². The van der Waals surface area contributed by atoms with Crippen LogP contribution in [-0.2, 0) is 30.3 Å². The van der Waals surface area contributed by atoms with E-state index in [1.54, 1.807) is 7.11 Å². The summed E-state index contributed by atoms with van der Waals surface area (Å²) in [6.45, 7) is 3.49. The van der Waals surface area contributed by atoms with E-state index in [9.17, 15) is 14.4 Å². The first kappa shape index (κ1) is 21.9. The summed E-state index contributed by atoms with van der Waals surface area (Å²) in [5.41, 5.74) is 1.85. The molecule has 1 aromatic carbocycles.